The summed E-state index contributed by atoms with van der Waals surface area (Å²) >= 11 is 0. The number of hydrogen-bond donors (Lipinski definition) is 1. The van der Waals surface area contributed by atoms with Crippen LogP contribution in [-0.4, -0.2) is 23.4 Å². The first-order valence-electron chi connectivity index (χ1n) is 7.37. The minimum Gasteiger partial charge on any atom is -0.398 e. The second-order valence-electron chi connectivity index (χ2n) is 5.74. The van der Waals surface area contributed by atoms with Crippen LogP contribution < -0.4 is 5.73 Å². The lowest BCUT2D eigenvalue weighted by molar-refractivity contribution is 0.0747. The summed E-state index contributed by atoms with van der Waals surface area (Å²) in [7, 11) is 0. The van der Waals surface area contributed by atoms with Gasteiger partial charge in [0.25, 0.3) is 5.91 Å². The highest BCUT2D eigenvalue weighted by Gasteiger charge is 2.33. The monoisotopic (exact) mass is 280 g/mol. The van der Waals surface area contributed by atoms with E-state index >= 15 is 0 Å². The van der Waals surface area contributed by atoms with Crippen LogP contribution in [0.3, 0.4) is 0 Å². The second kappa shape index (κ2) is 5.60. The molecule has 3 rings (SSSR count). The highest BCUT2D eigenvalue weighted by atomic mass is 16.2. The van der Waals surface area contributed by atoms with Crippen LogP contribution in [0.15, 0.2) is 54.6 Å². The molecule has 0 aromatic heterocycles. The fourth-order valence-electron chi connectivity index (χ4n) is 3.13. The van der Waals surface area contributed by atoms with Crippen LogP contribution >= 0.6 is 0 Å². The molecule has 1 aliphatic heterocycles. The van der Waals surface area contributed by atoms with Crippen molar-refractivity contribution in [1.29, 1.82) is 0 Å². The van der Waals surface area contributed by atoms with E-state index in [4.69, 9.17) is 5.73 Å². The van der Waals surface area contributed by atoms with Gasteiger partial charge in [0.05, 0.1) is 5.56 Å². The number of carbonyl (C=O) groups excluding carboxylic acids is 1. The maximum Gasteiger partial charge on any atom is 0.256 e. The molecule has 0 unspecified atom stereocenters. The second-order valence-corrected chi connectivity index (χ2v) is 5.74. The van der Waals surface area contributed by atoms with E-state index in [1.807, 2.05) is 23.1 Å². The van der Waals surface area contributed by atoms with Crippen LogP contribution in [0.5, 0.6) is 0 Å². The maximum absolute atomic E-state index is 12.7. The standard InChI is InChI=1S/C18H20N2O/c1-13-11-15(14-7-3-2-4-8-14)12-20(13)18(21)16-9-5-6-10-17(16)19/h2-10,13,15H,11-12,19H2,1H3/t13-,15-/m1/s1. The van der Waals surface area contributed by atoms with Crippen molar-refractivity contribution in [2.75, 3.05) is 12.3 Å². The molecule has 2 atom stereocenters. The summed E-state index contributed by atoms with van der Waals surface area (Å²) in [4.78, 5) is 14.6. The van der Waals surface area contributed by atoms with Gasteiger partial charge < -0.3 is 10.6 Å². The fourth-order valence-corrected chi connectivity index (χ4v) is 3.13. The van der Waals surface area contributed by atoms with Gasteiger partial charge >= 0.3 is 0 Å². The van der Waals surface area contributed by atoms with E-state index in [0.29, 0.717) is 17.2 Å². The Morgan fingerprint density at radius 3 is 2.48 bits per heavy atom. The summed E-state index contributed by atoms with van der Waals surface area (Å²) in [6.07, 6.45) is 1.00. The molecule has 1 aliphatic rings. The molecule has 1 saturated heterocycles. The fraction of sp³-hybridized carbons (Fsp3) is 0.278. The molecule has 1 amide bonds. The molecule has 1 heterocycles. The smallest absolute Gasteiger partial charge is 0.256 e. The van der Waals surface area contributed by atoms with Crippen molar-refractivity contribution in [3.8, 4) is 0 Å². The Balaban J connectivity index is 1.81. The number of hydrogen-bond acceptors (Lipinski definition) is 2. The Labute approximate surface area is 125 Å². The molecule has 2 aromatic carbocycles. The van der Waals surface area contributed by atoms with Crippen LogP contribution in [0.2, 0.25) is 0 Å². The van der Waals surface area contributed by atoms with Crippen molar-refractivity contribution in [3.05, 3.63) is 65.7 Å². The van der Waals surface area contributed by atoms with Crippen molar-refractivity contribution in [2.24, 2.45) is 0 Å². The summed E-state index contributed by atoms with van der Waals surface area (Å²) in [5.41, 5.74) is 8.40. The van der Waals surface area contributed by atoms with Crippen LogP contribution in [0.4, 0.5) is 5.69 Å². The number of nitrogen functional groups attached to an aromatic ring is 1. The molecule has 21 heavy (non-hydrogen) atoms. The first kappa shape index (κ1) is 13.7. The lowest BCUT2D eigenvalue weighted by atomic mass is 9.97. The SMILES string of the molecule is C[C@@H]1C[C@@H](c2ccccc2)CN1C(=O)c1ccccc1N. The third kappa shape index (κ3) is 2.64. The molecule has 1 fully saturated rings. The predicted molar refractivity (Wildman–Crippen MR) is 85.2 cm³/mol. The Morgan fingerprint density at radius 1 is 1.10 bits per heavy atom. The molecule has 108 valence electrons. The lowest BCUT2D eigenvalue weighted by Gasteiger charge is -2.22. The maximum atomic E-state index is 12.7. The molecule has 3 heteroatoms. The highest BCUT2D eigenvalue weighted by Crippen LogP contribution is 2.32. The lowest BCUT2D eigenvalue weighted by Crippen LogP contribution is -2.34. The van der Waals surface area contributed by atoms with E-state index < -0.39 is 0 Å². The minimum atomic E-state index is 0.0408. The number of para-hydroxylation sites is 1. The van der Waals surface area contributed by atoms with E-state index in [-0.39, 0.29) is 11.9 Å². The number of nitrogens with two attached hydrogens (primary N) is 1. The summed E-state index contributed by atoms with van der Waals surface area (Å²) in [5.74, 6) is 0.453. The van der Waals surface area contributed by atoms with Crippen molar-refractivity contribution < 1.29 is 4.79 Å². The first-order chi connectivity index (χ1) is 10.2. The van der Waals surface area contributed by atoms with Crippen LogP contribution in [0, 0.1) is 0 Å². The summed E-state index contributed by atoms with van der Waals surface area (Å²) in [6.45, 7) is 2.87. The first-order valence-corrected chi connectivity index (χ1v) is 7.37. The van der Waals surface area contributed by atoms with E-state index in [1.54, 1.807) is 12.1 Å². The van der Waals surface area contributed by atoms with Gasteiger partial charge in [-0.2, -0.15) is 0 Å². The molecule has 3 nitrogen and oxygen atoms in total. The van der Waals surface area contributed by atoms with Crippen molar-refractivity contribution in [3.63, 3.8) is 0 Å². The molecule has 2 aromatic rings. The normalized spacial score (nSPS) is 21.5. The van der Waals surface area contributed by atoms with Crippen molar-refractivity contribution in [1.82, 2.24) is 4.90 Å². The number of likely N-dealkylation sites (tertiary alicyclic amines) is 1. The average Bonchev–Trinajstić information content (AvgIpc) is 2.90. The third-order valence-corrected chi connectivity index (χ3v) is 4.30. The molecule has 0 saturated carbocycles. The number of carbonyl (C=O) groups is 1. The third-order valence-electron chi connectivity index (χ3n) is 4.30. The molecule has 0 spiro atoms. The quantitative estimate of drug-likeness (QED) is 0.858. The highest BCUT2D eigenvalue weighted by molar-refractivity contribution is 5.99. The minimum absolute atomic E-state index is 0.0408. The van der Waals surface area contributed by atoms with Gasteiger partial charge in [-0.3, -0.25) is 4.79 Å². The van der Waals surface area contributed by atoms with E-state index in [9.17, 15) is 4.79 Å². The van der Waals surface area contributed by atoms with Gasteiger partial charge in [-0.1, -0.05) is 42.5 Å². The Hall–Kier alpha value is -2.29. The summed E-state index contributed by atoms with van der Waals surface area (Å²) < 4.78 is 0. The zero-order chi connectivity index (χ0) is 14.8. The van der Waals surface area contributed by atoms with Gasteiger partial charge in [0.15, 0.2) is 0 Å². The molecule has 0 bridgehead atoms. The zero-order valence-electron chi connectivity index (χ0n) is 12.2. The number of anilines is 1. The van der Waals surface area contributed by atoms with Gasteiger partial charge in [0.1, 0.15) is 0 Å². The predicted octanol–water partition coefficient (Wildman–Crippen LogP) is 3.29. The Morgan fingerprint density at radius 2 is 1.76 bits per heavy atom. The van der Waals surface area contributed by atoms with Crippen LogP contribution in [0.25, 0.3) is 0 Å². The topological polar surface area (TPSA) is 46.3 Å². The Bertz CT molecular complexity index is 639. The summed E-state index contributed by atoms with van der Waals surface area (Å²) in [5, 5.41) is 0. The molecule has 0 radical (unpaired) electrons. The number of amides is 1. The molecule has 2 N–H and O–H groups in total. The molecule has 0 aliphatic carbocycles. The van der Waals surface area contributed by atoms with Crippen molar-refractivity contribution in [2.45, 2.75) is 25.3 Å². The van der Waals surface area contributed by atoms with Gasteiger partial charge in [0, 0.05) is 24.2 Å². The van der Waals surface area contributed by atoms with Gasteiger partial charge in [0.2, 0.25) is 0 Å². The van der Waals surface area contributed by atoms with E-state index in [1.165, 1.54) is 5.56 Å². The average molecular weight is 280 g/mol. The number of rotatable bonds is 2. The van der Waals surface area contributed by atoms with E-state index in [2.05, 4.69) is 31.2 Å². The van der Waals surface area contributed by atoms with Gasteiger partial charge in [-0.15, -0.1) is 0 Å². The van der Waals surface area contributed by atoms with Crippen LogP contribution in [0.1, 0.15) is 35.2 Å². The van der Waals surface area contributed by atoms with Gasteiger partial charge in [-0.25, -0.2) is 0 Å². The summed E-state index contributed by atoms with van der Waals surface area (Å²) in [6, 6.07) is 18.0. The Kier molecular flexibility index (Phi) is 3.65. The number of benzene rings is 2. The van der Waals surface area contributed by atoms with Crippen molar-refractivity contribution >= 4 is 11.6 Å². The van der Waals surface area contributed by atoms with Gasteiger partial charge in [-0.05, 0) is 31.0 Å². The zero-order valence-corrected chi connectivity index (χ0v) is 12.2. The van der Waals surface area contributed by atoms with Crippen LogP contribution in [-0.2, 0) is 0 Å². The van der Waals surface area contributed by atoms with E-state index in [0.717, 1.165) is 13.0 Å². The molecular formula is C18H20N2O. The largest absolute Gasteiger partial charge is 0.398 e. The molecular weight excluding hydrogens is 260 g/mol. The number of nitrogens with zero attached hydrogens (tertiary/aromatic N) is 1.